The highest BCUT2D eigenvalue weighted by atomic mass is 14.9. The highest BCUT2D eigenvalue weighted by Gasteiger charge is 2.01. The summed E-state index contributed by atoms with van der Waals surface area (Å²) in [5.74, 6) is 0. The van der Waals surface area contributed by atoms with E-state index in [9.17, 15) is 0 Å². The molecule has 0 unspecified atom stereocenters. The van der Waals surface area contributed by atoms with Crippen LogP contribution in [0.25, 0.3) is 0 Å². The topological polar surface area (TPSA) is 12.0 Å². The molecule has 64 valence electrons. The molecule has 1 aliphatic heterocycles. The second-order valence-electron chi connectivity index (χ2n) is 3.26. The highest BCUT2D eigenvalue weighted by Crippen LogP contribution is 2.11. The van der Waals surface area contributed by atoms with Crippen molar-refractivity contribution in [2.45, 2.75) is 45.4 Å². The summed E-state index contributed by atoms with van der Waals surface area (Å²) in [5, 5.41) is 3.39. The Labute approximate surface area is 69.9 Å². The summed E-state index contributed by atoms with van der Waals surface area (Å²) in [7, 11) is 0. The second-order valence-corrected chi connectivity index (χ2v) is 3.26. The predicted octanol–water partition coefficient (Wildman–Crippen LogP) is 2.83. The molecule has 1 N–H and O–H groups in total. The standard InChI is InChI=1S/C10H19N/c1-2-3-4-5-7-10-8-6-9-11-10/h8,11H,2-7,9H2,1H3. The fraction of sp³-hybridized carbons (Fsp3) is 0.800. The number of hydrogen-bond donors (Lipinski definition) is 1. The molecule has 0 radical (unpaired) electrons. The molecule has 0 aromatic rings. The van der Waals surface area contributed by atoms with Gasteiger partial charge in [0.25, 0.3) is 0 Å². The van der Waals surface area contributed by atoms with E-state index in [0.29, 0.717) is 0 Å². The third kappa shape index (κ3) is 3.45. The van der Waals surface area contributed by atoms with E-state index in [4.69, 9.17) is 0 Å². The van der Waals surface area contributed by atoms with Crippen LogP contribution < -0.4 is 5.32 Å². The van der Waals surface area contributed by atoms with Gasteiger partial charge in [0.15, 0.2) is 0 Å². The van der Waals surface area contributed by atoms with Crippen molar-refractivity contribution in [3.8, 4) is 0 Å². The fourth-order valence-electron chi connectivity index (χ4n) is 1.48. The lowest BCUT2D eigenvalue weighted by atomic mass is 10.1. The molecule has 0 atom stereocenters. The number of hydrogen-bond acceptors (Lipinski definition) is 1. The van der Waals surface area contributed by atoms with Crippen LogP contribution in [0.1, 0.15) is 45.4 Å². The van der Waals surface area contributed by atoms with Crippen LogP contribution in [0.4, 0.5) is 0 Å². The van der Waals surface area contributed by atoms with Crippen molar-refractivity contribution < 1.29 is 0 Å². The lowest BCUT2D eigenvalue weighted by Gasteiger charge is -2.02. The van der Waals surface area contributed by atoms with Crippen molar-refractivity contribution in [1.29, 1.82) is 0 Å². The van der Waals surface area contributed by atoms with Gasteiger partial charge in [-0.3, -0.25) is 0 Å². The van der Waals surface area contributed by atoms with Crippen molar-refractivity contribution in [3.05, 3.63) is 11.8 Å². The van der Waals surface area contributed by atoms with E-state index < -0.39 is 0 Å². The summed E-state index contributed by atoms with van der Waals surface area (Å²) in [6, 6.07) is 0. The molecule has 1 aliphatic rings. The Kier molecular flexibility index (Phi) is 4.10. The van der Waals surface area contributed by atoms with Crippen LogP contribution in [0, 0.1) is 0 Å². The van der Waals surface area contributed by atoms with Gasteiger partial charge in [0.2, 0.25) is 0 Å². The minimum atomic E-state index is 1.17. The van der Waals surface area contributed by atoms with Crippen LogP contribution in [-0.4, -0.2) is 6.54 Å². The molecule has 1 heteroatoms. The molecule has 0 aromatic heterocycles. The molecular weight excluding hydrogens is 134 g/mol. The fourth-order valence-corrected chi connectivity index (χ4v) is 1.48. The molecular formula is C10H19N. The smallest absolute Gasteiger partial charge is 0.0179 e. The molecule has 0 fully saturated rings. The van der Waals surface area contributed by atoms with Crippen LogP contribution in [0.5, 0.6) is 0 Å². The third-order valence-electron chi connectivity index (χ3n) is 2.19. The Morgan fingerprint density at radius 2 is 2.27 bits per heavy atom. The van der Waals surface area contributed by atoms with Gasteiger partial charge in [0.1, 0.15) is 0 Å². The molecule has 0 aliphatic carbocycles. The lowest BCUT2D eigenvalue weighted by molar-refractivity contribution is 0.649. The Balaban J connectivity index is 1.94. The molecule has 0 aromatic carbocycles. The van der Waals surface area contributed by atoms with Gasteiger partial charge in [-0.05, 0) is 19.3 Å². The van der Waals surface area contributed by atoms with Crippen LogP contribution in [0.15, 0.2) is 11.8 Å². The summed E-state index contributed by atoms with van der Waals surface area (Å²) >= 11 is 0. The Hall–Kier alpha value is -0.460. The van der Waals surface area contributed by atoms with E-state index in [0.717, 1.165) is 0 Å². The summed E-state index contributed by atoms with van der Waals surface area (Å²) in [5.41, 5.74) is 1.49. The van der Waals surface area contributed by atoms with E-state index in [-0.39, 0.29) is 0 Å². The van der Waals surface area contributed by atoms with E-state index in [1.807, 2.05) is 0 Å². The SMILES string of the molecule is CCCCCCC1=CCCN1. The average Bonchev–Trinajstić information content (AvgIpc) is 2.50. The van der Waals surface area contributed by atoms with Gasteiger partial charge in [-0.15, -0.1) is 0 Å². The zero-order valence-corrected chi connectivity index (χ0v) is 7.53. The van der Waals surface area contributed by atoms with Crippen molar-refractivity contribution in [2.24, 2.45) is 0 Å². The van der Waals surface area contributed by atoms with Gasteiger partial charge in [0.05, 0.1) is 0 Å². The molecule has 0 saturated heterocycles. The van der Waals surface area contributed by atoms with Crippen LogP contribution in [0.3, 0.4) is 0 Å². The van der Waals surface area contributed by atoms with Gasteiger partial charge >= 0.3 is 0 Å². The summed E-state index contributed by atoms with van der Waals surface area (Å²) in [4.78, 5) is 0. The normalized spacial score (nSPS) is 16.3. The first kappa shape index (κ1) is 8.63. The Morgan fingerprint density at radius 1 is 1.36 bits per heavy atom. The maximum absolute atomic E-state index is 3.39. The van der Waals surface area contributed by atoms with Crippen LogP contribution >= 0.6 is 0 Å². The zero-order chi connectivity index (χ0) is 7.94. The van der Waals surface area contributed by atoms with Gasteiger partial charge in [-0.1, -0.05) is 32.3 Å². The molecule has 11 heavy (non-hydrogen) atoms. The van der Waals surface area contributed by atoms with Crippen molar-refractivity contribution in [3.63, 3.8) is 0 Å². The summed E-state index contributed by atoms with van der Waals surface area (Å²) in [6.45, 7) is 3.43. The number of unbranched alkanes of at least 4 members (excludes halogenated alkanes) is 3. The first-order chi connectivity index (χ1) is 5.43. The molecule has 0 amide bonds. The number of rotatable bonds is 5. The molecule has 0 bridgehead atoms. The van der Waals surface area contributed by atoms with Crippen LogP contribution in [-0.2, 0) is 0 Å². The molecule has 1 rings (SSSR count). The van der Waals surface area contributed by atoms with Gasteiger partial charge in [-0.25, -0.2) is 0 Å². The van der Waals surface area contributed by atoms with Crippen LogP contribution in [0.2, 0.25) is 0 Å². The van der Waals surface area contributed by atoms with Crippen molar-refractivity contribution in [2.75, 3.05) is 6.54 Å². The van der Waals surface area contributed by atoms with Crippen molar-refractivity contribution >= 4 is 0 Å². The van der Waals surface area contributed by atoms with Gasteiger partial charge in [-0.2, -0.15) is 0 Å². The predicted molar refractivity (Wildman–Crippen MR) is 49.5 cm³/mol. The monoisotopic (exact) mass is 153 g/mol. The highest BCUT2D eigenvalue weighted by molar-refractivity contribution is 5.04. The minimum Gasteiger partial charge on any atom is -0.388 e. The minimum absolute atomic E-state index is 1.17. The van der Waals surface area contributed by atoms with Gasteiger partial charge in [0, 0.05) is 12.2 Å². The maximum Gasteiger partial charge on any atom is 0.0179 e. The van der Waals surface area contributed by atoms with E-state index >= 15 is 0 Å². The zero-order valence-electron chi connectivity index (χ0n) is 7.53. The quantitative estimate of drug-likeness (QED) is 0.599. The van der Waals surface area contributed by atoms with E-state index in [1.165, 1.54) is 50.8 Å². The molecule has 0 spiro atoms. The largest absolute Gasteiger partial charge is 0.388 e. The Bertz CT molecular complexity index is 127. The number of nitrogens with one attached hydrogen (secondary N) is 1. The molecule has 0 saturated carbocycles. The summed E-state index contributed by atoms with van der Waals surface area (Å²) in [6.07, 6.45) is 10.4. The number of allylic oxidation sites excluding steroid dienone is 1. The second kappa shape index (κ2) is 5.22. The molecule has 1 heterocycles. The molecule has 1 nitrogen and oxygen atoms in total. The average molecular weight is 153 g/mol. The first-order valence-electron chi connectivity index (χ1n) is 4.86. The summed E-state index contributed by atoms with van der Waals surface area (Å²) < 4.78 is 0. The van der Waals surface area contributed by atoms with E-state index in [1.54, 1.807) is 0 Å². The van der Waals surface area contributed by atoms with E-state index in [2.05, 4.69) is 18.3 Å². The lowest BCUT2D eigenvalue weighted by Crippen LogP contribution is -2.06. The Morgan fingerprint density at radius 3 is 2.91 bits per heavy atom. The third-order valence-corrected chi connectivity index (χ3v) is 2.19. The maximum atomic E-state index is 3.39. The first-order valence-corrected chi connectivity index (χ1v) is 4.86. The van der Waals surface area contributed by atoms with Crippen molar-refractivity contribution in [1.82, 2.24) is 5.32 Å². The van der Waals surface area contributed by atoms with Gasteiger partial charge < -0.3 is 5.32 Å².